The van der Waals surface area contributed by atoms with Gasteiger partial charge in [-0.05, 0) is 43.9 Å². The van der Waals surface area contributed by atoms with Crippen LogP contribution in [-0.2, 0) is 0 Å². The third-order valence-electron chi connectivity index (χ3n) is 2.39. The maximum Gasteiger partial charge on any atom is 0.0378 e. The molecule has 0 amide bonds. The molecule has 0 spiro atoms. The molecule has 1 heteroatoms. The van der Waals surface area contributed by atoms with Crippen LogP contribution in [0.1, 0.15) is 49.6 Å². The van der Waals surface area contributed by atoms with Gasteiger partial charge in [0.2, 0.25) is 0 Å². The minimum atomic E-state index is 0.672. The third kappa shape index (κ3) is 2.83. The zero-order valence-corrected chi connectivity index (χ0v) is 9.09. The third-order valence-corrected chi connectivity index (χ3v) is 2.39. The Morgan fingerprint density at radius 1 is 1.23 bits per heavy atom. The Hall–Kier alpha value is -0.850. The molecular weight excluding hydrogens is 158 g/mol. The largest absolute Gasteiger partial charge is 0.258 e. The molecule has 13 heavy (non-hydrogen) atoms. The van der Waals surface area contributed by atoms with Crippen molar-refractivity contribution >= 4 is 0 Å². The smallest absolute Gasteiger partial charge is 0.0378 e. The van der Waals surface area contributed by atoms with Crippen LogP contribution in [-0.4, -0.2) is 4.98 Å². The summed E-state index contributed by atoms with van der Waals surface area (Å²) in [7, 11) is 0. The van der Waals surface area contributed by atoms with Crippen LogP contribution in [0.25, 0.3) is 0 Å². The molecule has 1 atom stereocenters. The van der Waals surface area contributed by atoms with Crippen molar-refractivity contribution in [3.05, 3.63) is 29.1 Å². The second kappa shape index (κ2) is 4.40. The molecule has 0 N–H and O–H groups in total. The molecule has 0 aromatic carbocycles. The topological polar surface area (TPSA) is 12.9 Å². The summed E-state index contributed by atoms with van der Waals surface area (Å²) in [5.74, 6) is 0.672. The fraction of sp³-hybridized carbons (Fsp3) is 0.583. The van der Waals surface area contributed by atoms with E-state index in [2.05, 4.69) is 44.8 Å². The van der Waals surface area contributed by atoms with Gasteiger partial charge in [-0.15, -0.1) is 0 Å². The number of aryl methyl sites for hydroxylation is 2. The molecule has 0 aliphatic rings. The molecule has 0 aliphatic heterocycles. The van der Waals surface area contributed by atoms with Gasteiger partial charge in [0.25, 0.3) is 0 Å². The highest BCUT2D eigenvalue weighted by atomic mass is 14.7. The van der Waals surface area contributed by atoms with Gasteiger partial charge < -0.3 is 0 Å². The minimum absolute atomic E-state index is 0.672. The second-order valence-electron chi connectivity index (χ2n) is 3.87. The molecular formula is C12H19N. The summed E-state index contributed by atoms with van der Waals surface area (Å²) in [6.45, 7) is 8.65. The highest BCUT2D eigenvalue weighted by Gasteiger charge is 2.05. The SMILES string of the molecule is CCC[C@H](C)c1cc(C)nc(C)c1. The van der Waals surface area contributed by atoms with Crippen molar-refractivity contribution in [3.63, 3.8) is 0 Å². The lowest BCUT2D eigenvalue weighted by Gasteiger charge is -2.11. The summed E-state index contributed by atoms with van der Waals surface area (Å²) in [6.07, 6.45) is 2.52. The molecule has 0 fully saturated rings. The first kappa shape index (κ1) is 10.2. The van der Waals surface area contributed by atoms with Crippen molar-refractivity contribution in [3.8, 4) is 0 Å². The first-order valence-corrected chi connectivity index (χ1v) is 5.08. The predicted molar refractivity (Wildman–Crippen MR) is 57.0 cm³/mol. The first-order chi connectivity index (χ1) is 6.13. The van der Waals surface area contributed by atoms with E-state index in [1.807, 2.05) is 0 Å². The van der Waals surface area contributed by atoms with E-state index in [0.717, 1.165) is 11.4 Å². The minimum Gasteiger partial charge on any atom is -0.258 e. The Morgan fingerprint density at radius 2 is 1.77 bits per heavy atom. The quantitative estimate of drug-likeness (QED) is 0.687. The number of nitrogens with zero attached hydrogens (tertiary/aromatic N) is 1. The fourth-order valence-electron chi connectivity index (χ4n) is 1.75. The molecule has 0 saturated heterocycles. The maximum absolute atomic E-state index is 4.38. The normalized spacial score (nSPS) is 12.9. The van der Waals surface area contributed by atoms with Crippen molar-refractivity contribution in [2.24, 2.45) is 0 Å². The lowest BCUT2D eigenvalue weighted by molar-refractivity contribution is 0.662. The summed E-state index contributed by atoms with van der Waals surface area (Å²) in [5.41, 5.74) is 3.71. The van der Waals surface area contributed by atoms with E-state index in [9.17, 15) is 0 Å². The molecule has 1 rings (SSSR count). The first-order valence-electron chi connectivity index (χ1n) is 5.08. The van der Waals surface area contributed by atoms with Gasteiger partial charge in [-0.25, -0.2) is 0 Å². The van der Waals surface area contributed by atoms with E-state index in [0.29, 0.717) is 5.92 Å². The number of pyridine rings is 1. The molecule has 72 valence electrons. The molecule has 0 radical (unpaired) electrons. The van der Waals surface area contributed by atoms with Gasteiger partial charge in [0.15, 0.2) is 0 Å². The van der Waals surface area contributed by atoms with Gasteiger partial charge in [0, 0.05) is 11.4 Å². The zero-order chi connectivity index (χ0) is 9.84. The lowest BCUT2D eigenvalue weighted by atomic mass is 9.96. The average Bonchev–Trinajstić information content (AvgIpc) is 2.03. The lowest BCUT2D eigenvalue weighted by Crippen LogP contribution is -1.96. The monoisotopic (exact) mass is 177 g/mol. The summed E-state index contributed by atoms with van der Waals surface area (Å²) >= 11 is 0. The average molecular weight is 177 g/mol. The van der Waals surface area contributed by atoms with Gasteiger partial charge in [-0.3, -0.25) is 4.98 Å². The molecule has 0 bridgehead atoms. The van der Waals surface area contributed by atoms with Crippen molar-refractivity contribution in [2.45, 2.75) is 46.5 Å². The van der Waals surface area contributed by atoms with Gasteiger partial charge in [-0.1, -0.05) is 20.3 Å². The van der Waals surface area contributed by atoms with E-state index in [-0.39, 0.29) is 0 Å². The van der Waals surface area contributed by atoms with Gasteiger partial charge in [0.05, 0.1) is 0 Å². The van der Waals surface area contributed by atoms with Crippen LogP contribution in [0.2, 0.25) is 0 Å². The van der Waals surface area contributed by atoms with E-state index < -0.39 is 0 Å². The summed E-state index contributed by atoms with van der Waals surface area (Å²) in [6, 6.07) is 4.40. The summed E-state index contributed by atoms with van der Waals surface area (Å²) in [5, 5.41) is 0. The second-order valence-corrected chi connectivity index (χ2v) is 3.87. The van der Waals surface area contributed by atoms with Crippen LogP contribution in [0.3, 0.4) is 0 Å². The Morgan fingerprint density at radius 3 is 2.23 bits per heavy atom. The Labute approximate surface area is 81.2 Å². The fourth-order valence-corrected chi connectivity index (χ4v) is 1.75. The van der Waals surface area contributed by atoms with E-state index in [1.54, 1.807) is 0 Å². The van der Waals surface area contributed by atoms with Crippen LogP contribution in [0.5, 0.6) is 0 Å². The van der Waals surface area contributed by atoms with Crippen molar-refractivity contribution < 1.29 is 0 Å². The Kier molecular flexibility index (Phi) is 3.47. The van der Waals surface area contributed by atoms with Crippen LogP contribution in [0, 0.1) is 13.8 Å². The Balaban J connectivity index is 2.87. The van der Waals surface area contributed by atoms with Gasteiger partial charge >= 0.3 is 0 Å². The Bertz CT molecular complexity index is 258. The number of rotatable bonds is 3. The molecule has 1 nitrogen and oxygen atoms in total. The predicted octanol–water partition coefficient (Wildman–Crippen LogP) is 3.60. The van der Waals surface area contributed by atoms with Crippen LogP contribution >= 0.6 is 0 Å². The number of aromatic nitrogens is 1. The molecule has 1 aromatic heterocycles. The number of hydrogen-bond acceptors (Lipinski definition) is 1. The zero-order valence-electron chi connectivity index (χ0n) is 9.09. The molecule has 0 unspecified atom stereocenters. The molecule has 1 aromatic rings. The van der Waals surface area contributed by atoms with E-state index in [4.69, 9.17) is 0 Å². The van der Waals surface area contributed by atoms with E-state index >= 15 is 0 Å². The highest BCUT2D eigenvalue weighted by Crippen LogP contribution is 2.21. The van der Waals surface area contributed by atoms with E-state index in [1.165, 1.54) is 18.4 Å². The standard InChI is InChI=1S/C12H19N/c1-5-6-9(2)12-7-10(3)13-11(4)8-12/h7-9H,5-6H2,1-4H3/t9-/m0/s1. The van der Waals surface area contributed by atoms with Crippen molar-refractivity contribution in [1.82, 2.24) is 4.98 Å². The van der Waals surface area contributed by atoms with Crippen LogP contribution < -0.4 is 0 Å². The number of hydrogen-bond donors (Lipinski definition) is 0. The molecule has 1 heterocycles. The highest BCUT2D eigenvalue weighted by molar-refractivity contribution is 5.23. The van der Waals surface area contributed by atoms with Crippen molar-refractivity contribution in [2.75, 3.05) is 0 Å². The molecule has 0 saturated carbocycles. The van der Waals surface area contributed by atoms with Crippen LogP contribution in [0.4, 0.5) is 0 Å². The van der Waals surface area contributed by atoms with Crippen molar-refractivity contribution in [1.29, 1.82) is 0 Å². The maximum atomic E-state index is 4.38. The van der Waals surface area contributed by atoms with Gasteiger partial charge in [-0.2, -0.15) is 0 Å². The molecule has 0 aliphatic carbocycles. The summed E-state index contributed by atoms with van der Waals surface area (Å²) in [4.78, 5) is 4.38. The van der Waals surface area contributed by atoms with Gasteiger partial charge in [0.1, 0.15) is 0 Å². The van der Waals surface area contributed by atoms with Crippen LogP contribution in [0.15, 0.2) is 12.1 Å². The summed E-state index contributed by atoms with van der Waals surface area (Å²) < 4.78 is 0.